The number of ether oxygens (including phenoxy) is 1. The first-order valence-electron chi connectivity index (χ1n) is 7.07. The number of amides is 1. The smallest absolute Gasteiger partial charge is 0.225 e. The summed E-state index contributed by atoms with van der Waals surface area (Å²) >= 11 is 0. The van der Waals surface area contributed by atoms with Crippen molar-refractivity contribution in [3.05, 3.63) is 0 Å². The Morgan fingerprint density at radius 1 is 1.33 bits per heavy atom. The molecule has 2 rings (SSSR count). The Kier molecular flexibility index (Phi) is 3.97. The highest BCUT2D eigenvalue weighted by atomic mass is 16.5. The lowest BCUT2D eigenvalue weighted by Gasteiger charge is -2.43. The molecule has 1 heterocycles. The molecule has 1 aliphatic carbocycles. The maximum atomic E-state index is 11.9. The molecule has 2 N–H and O–H groups in total. The van der Waals surface area contributed by atoms with Gasteiger partial charge in [0, 0.05) is 24.5 Å². The van der Waals surface area contributed by atoms with E-state index >= 15 is 0 Å². The second-order valence-electron chi connectivity index (χ2n) is 6.71. The predicted molar refractivity (Wildman–Crippen MR) is 71.4 cm³/mol. The van der Waals surface area contributed by atoms with E-state index in [2.05, 4.69) is 10.6 Å². The molecular weight excluding hydrogens is 228 g/mol. The van der Waals surface area contributed by atoms with E-state index in [9.17, 15) is 4.79 Å². The van der Waals surface area contributed by atoms with Crippen molar-refractivity contribution in [2.45, 2.75) is 58.1 Å². The van der Waals surface area contributed by atoms with Gasteiger partial charge in [0.2, 0.25) is 5.91 Å². The van der Waals surface area contributed by atoms with Crippen molar-refractivity contribution >= 4 is 5.91 Å². The minimum atomic E-state index is -0.294. The maximum Gasteiger partial charge on any atom is 0.225 e. The monoisotopic (exact) mass is 254 g/mol. The summed E-state index contributed by atoms with van der Waals surface area (Å²) in [7, 11) is 0. The van der Waals surface area contributed by atoms with Crippen LogP contribution < -0.4 is 10.6 Å². The van der Waals surface area contributed by atoms with Crippen molar-refractivity contribution in [1.82, 2.24) is 10.6 Å². The summed E-state index contributed by atoms with van der Waals surface area (Å²) in [6.45, 7) is 8.63. The van der Waals surface area contributed by atoms with Crippen LogP contribution in [-0.2, 0) is 9.53 Å². The SMILES string of the molecule is CC(C)(C)C(=O)NC1CCC2(CC1)CNCCO2. The number of carbonyl (C=O) groups excluding carboxylic acids is 1. The van der Waals surface area contributed by atoms with E-state index in [0.29, 0.717) is 6.04 Å². The van der Waals surface area contributed by atoms with E-state index < -0.39 is 0 Å². The molecule has 2 aliphatic rings. The van der Waals surface area contributed by atoms with Gasteiger partial charge in [-0.3, -0.25) is 4.79 Å². The highest BCUT2D eigenvalue weighted by Gasteiger charge is 2.38. The molecule has 1 amide bonds. The molecule has 0 aromatic rings. The summed E-state index contributed by atoms with van der Waals surface area (Å²) < 4.78 is 5.95. The van der Waals surface area contributed by atoms with E-state index in [4.69, 9.17) is 4.74 Å². The lowest BCUT2D eigenvalue weighted by molar-refractivity contribution is -0.131. The Balaban J connectivity index is 1.81. The van der Waals surface area contributed by atoms with Crippen LogP contribution in [0.25, 0.3) is 0 Å². The van der Waals surface area contributed by atoms with Crippen LogP contribution in [-0.4, -0.2) is 37.2 Å². The number of rotatable bonds is 1. The van der Waals surface area contributed by atoms with Gasteiger partial charge in [0.25, 0.3) is 0 Å². The third-order valence-electron chi connectivity index (χ3n) is 4.05. The summed E-state index contributed by atoms with van der Waals surface area (Å²) in [4.78, 5) is 11.9. The fourth-order valence-electron chi connectivity index (χ4n) is 2.72. The molecule has 4 heteroatoms. The Bertz CT molecular complexity index is 293. The highest BCUT2D eigenvalue weighted by Crippen LogP contribution is 2.32. The van der Waals surface area contributed by atoms with Crippen molar-refractivity contribution in [2.75, 3.05) is 19.7 Å². The van der Waals surface area contributed by atoms with Crippen LogP contribution >= 0.6 is 0 Å². The minimum Gasteiger partial charge on any atom is -0.372 e. The fraction of sp³-hybridized carbons (Fsp3) is 0.929. The third-order valence-corrected chi connectivity index (χ3v) is 4.05. The van der Waals surface area contributed by atoms with Gasteiger partial charge >= 0.3 is 0 Å². The summed E-state index contributed by atoms with van der Waals surface area (Å²) in [5.74, 6) is 0.158. The molecule has 0 bridgehead atoms. The minimum absolute atomic E-state index is 0.0429. The number of hydrogen-bond acceptors (Lipinski definition) is 3. The molecule has 0 radical (unpaired) electrons. The molecule has 0 unspecified atom stereocenters. The van der Waals surface area contributed by atoms with E-state index in [-0.39, 0.29) is 16.9 Å². The van der Waals surface area contributed by atoms with Gasteiger partial charge in [0.15, 0.2) is 0 Å². The molecule has 0 aromatic heterocycles. The van der Waals surface area contributed by atoms with Crippen molar-refractivity contribution < 1.29 is 9.53 Å². The first kappa shape index (κ1) is 13.8. The average Bonchev–Trinajstić information content (AvgIpc) is 2.32. The largest absolute Gasteiger partial charge is 0.372 e. The summed E-state index contributed by atoms with van der Waals surface area (Å²) in [6, 6.07) is 0.327. The van der Waals surface area contributed by atoms with Crippen LogP contribution in [0.15, 0.2) is 0 Å². The predicted octanol–water partition coefficient (Wildman–Crippen LogP) is 1.45. The van der Waals surface area contributed by atoms with Crippen molar-refractivity contribution in [1.29, 1.82) is 0 Å². The number of hydrogen-bond donors (Lipinski definition) is 2. The molecule has 1 saturated heterocycles. The van der Waals surface area contributed by atoms with Crippen LogP contribution in [0.1, 0.15) is 46.5 Å². The molecular formula is C14H26N2O2. The second kappa shape index (κ2) is 5.17. The van der Waals surface area contributed by atoms with Gasteiger partial charge in [-0.15, -0.1) is 0 Å². The Morgan fingerprint density at radius 3 is 2.50 bits per heavy atom. The zero-order chi connectivity index (χ0) is 13.2. The lowest BCUT2D eigenvalue weighted by Crippen LogP contribution is -2.54. The first-order chi connectivity index (χ1) is 8.41. The molecule has 18 heavy (non-hydrogen) atoms. The van der Waals surface area contributed by atoms with Gasteiger partial charge in [-0.05, 0) is 25.7 Å². The summed E-state index contributed by atoms with van der Waals surface area (Å²) in [5, 5.41) is 6.58. The van der Waals surface area contributed by atoms with Crippen molar-refractivity contribution in [3.63, 3.8) is 0 Å². The van der Waals surface area contributed by atoms with Gasteiger partial charge in [0.05, 0.1) is 12.2 Å². The van der Waals surface area contributed by atoms with Gasteiger partial charge in [-0.2, -0.15) is 0 Å². The molecule has 4 nitrogen and oxygen atoms in total. The van der Waals surface area contributed by atoms with E-state index in [1.807, 2.05) is 20.8 Å². The molecule has 0 atom stereocenters. The van der Waals surface area contributed by atoms with Crippen molar-refractivity contribution in [2.24, 2.45) is 5.41 Å². The van der Waals surface area contributed by atoms with Gasteiger partial charge in [-0.1, -0.05) is 20.8 Å². The topological polar surface area (TPSA) is 50.4 Å². The fourth-order valence-corrected chi connectivity index (χ4v) is 2.72. The molecule has 0 aromatic carbocycles. The first-order valence-corrected chi connectivity index (χ1v) is 7.07. The van der Waals surface area contributed by atoms with E-state index in [0.717, 1.165) is 45.4 Å². The van der Waals surface area contributed by atoms with Crippen LogP contribution in [0.3, 0.4) is 0 Å². The van der Waals surface area contributed by atoms with Crippen LogP contribution in [0, 0.1) is 5.41 Å². The van der Waals surface area contributed by atoms with E-state index in [1.165, 1.54) is 0 Å². The van der Waals surface area contributed by atoms with E-state index in [1.54, 1.807) is 0 Å². The zero-order valence-corrected chi connectivity index (χ0v) is 11.8. The van der Waals surface area contributed by atoms with Crippen LogP contribution in [0.4, 0.5) is 0 Å². The highest BCUT2D eigenvalue weighted by molar-refractivity contribution is 5.81. The standard InChI is InChI=1S/C14H26N2O2/c1-13(2,3)12(17)16-11-4-6-14(7-5-11)10-15-8-9-18-14/h11,15H,4-10H2,1-3H3,(H,16,17). The third kappa shape index (κ3) is 3.23. The second-order valence-corrected chi connectivity index (χ2v) is 6.71. The lowest BCUT2D eigenvalue weighted by atomic mass is 9.81. The number of morpholine rings is 1. The van der Waals surface area contributed by atoms with Gasteiger partial charge < -0.3 is 15.4 Å². The van der Waals surface area contributed by atoms with Gasteiger partial charge in [0.1, 0.15) is 0 Å². The molecule has 1 aliphatic heterocycles. The normalized spacial score (nSPS) is 33.4. The summed E-state index contributed by atoms with van der Waals surface area (Å²) in [6.07, 6.45) is 4.16. The van der Waals surface area contributed by atoms with Crippen LogP contribution in [0.2, 0.25) is 0 Å². The molecule has 104 valence electrons. The Morgan fingerprint density at radius 2 is 2.00 bits per heavy atom. The number of nitrogens with one attached hydrogen (secondary N) is 2. The quantitative estimate of drug-likeness (QED) is 0.744. The van der Waals surface area contributed by atoms with Gasteiger partial charge in [-0.25, -0.2) is 0 Å². The van der Waals surface area contributed by atoms with Crippen molar-refractivity contribution in [3.8, 4) is 0 Å². The maximum absolute atomic E-state index is 11.9. The molecule has 1 saturated carbocycles. The average molecular weight is 254 g/mol. The molecule has 1 spiro atoms. The molecule has 2 fully saturated rings. The number of carbonyl (C=O) groups is 1. The Labute approximate surface area is 110 Å². The zero-order valence-electron chi connectivity index (χ0n) is 11.8. The summed E-state index contributed by atoms with van der Waals surface area (Å²) in [5.41, 5.74) is -0.251. The Hall–Kier alpha value is -0.610. The van der Waals surface area contributed by atoms with Crippen LogP contribution in [0.5, 0.6) is 0 Å².